The molecule has 8 heteroatoms. The van der Waals surface area contributed by atoms with Crippen molar-refractivity contribution in [3.8, 4) is 23.0 Å². The number of carboxylic acid groups (broad SMARTS) is 1. The molecule has 194 valence electrons. The van der Waals surface area contributed by atoms with Crippen molar-refractivity contribution in [2.24, 2.45) is 0 Å². The summed E-state index contributed by atoms with van der Waals surface area (Å²) in [6, 6.07) is 26.4. The van der Waals surface area contributed by atoms with Gasteiger partial charge in [0, 0.05) is 11.8 Å². The van der Waals surface area contributed by atoms with E-state index in [1.54, 1.807) is 6.07 Å². The van der Waals surface area contributed by atoms with Crippen molar-refractivity contribution in [1.82, 2.24) is 0 Å². The van der Waals surface area contributed by atoms with Crippen LogP contribution in [0.2, 0.25) is 0 Å². The van der Waals surface area contributed by atoms with Crippen molar-refractivity contribution in [3.05, 3.63) is 113 Å². The highest BCUT2D eigenvalue weighted by molar-refractivity contribution is 6.07. The van der Waals surface area contributed by atoms with Crippen LogP contribution in [-0.4, -0.2) is 29.2 Å². The van der Waals surface area contributed by atoms with E-state index in [1.165, 1.54) is 31.4 Å². The van der Waals surface area contributed by atoms with E-state index in [1.807, 2.05) is 60.7 Å². The Balaban J connectivity index is 1.56. The van der Waals surface area contributed by atoms with Crippen LogP contribution in [0, 0.1) is 0 Å². The number of ether oxygens (including phenoxy) is 3. The minimum atomic E-state index is -1.08. The van der Waals surface area contributed by atoms with E-state index in [2.05, 4.69) is 5.32 Å². The minimum absolute atomic E-state index is 0.0276. The summed E-state index contributed by atoms with van der Waals surface area (Å²) in [4.78, 5) is 24.7. The van der Waals surface area contributed by atoms with Crippen molar-refractivity contribution in [2.75, 3.05) is 12.4 Å². The molecular formula is C30H27NO7. The lowest BCUT2D eigenvalue weighted by molar-refractivity contribution is -0.136. The number of aromatic hydroxyl groups is 1. The van der Waals surface area contributed by atoms with Crippen LogP contribution >= 0.6 is 0 Å². The first-order valence-electron chi connectivity index (χ1n) is 11.8. The smallest absolute Gasteiger partial charge is 0.307 e. The highest BCUT2D eigenvalue weighted by Gasteiger charge is 2.19. The Kier molecular flexibility index (Phi) is 8.46. The number of phenolic OH excluding ortho intramolecular Hbond substituents is 1. The number of hydrogen-bond acceptors (Lipinski definition) is 6. The minimum Gasteiger partial charge on any atom is -0.507 e. The average Bonchev–Trinajstić information content (AvgIpc) is 2.93. The predicted molar refractivity (Wildman–Crippen MR) is 142 cm³/mol. The molecule has 4 aromatic carbocycles. The van der Waals surface area contributed by atoms with Crippen LogP contribution in [0.25, 0.3) is 0 Å². The second-order valence-corrected chi connectivity index (χ2v) is 8.41. The number of anilines is 1. The van der Waals surface area contributed by atoms with Gasteiger partial charge in [-0.2, -0.15) is 0 Å². The molecule has 38 heavy (non-hydrogen) atoms. The van der Waals surface area contributed by atoms with Gasteiger partial charge in [-0.25, -0.2) is 0 Å². The molecule has 0 unspecified atom stereocenters. The molecule has 0 aliphatic heterocycles. The van der Waals surface area contributed by atoms with Crippen molar-refractivity contribution in [1.29, 1.82) is 0 Å². The van der Waals surface area contributed by atoms with Gasteiger partial charge >= 0.3 is 5.97 Å². The zero-order valence-electron chi connectivity index (χ0n) is 20.7. The number of carbonyl (C=O) groups is 2. The van der Waals surface area contributed by atoms with Gasteiger partial charge in [0.2, 0.25) is 0 Å². The Morgan fingerprint density at radius 1 is 0.789 bits per heavy atom. The second-order valence-electron chi connectivity index (χ2n) is 8.41. The molecule has 0 spiro atoms. The van der Waals surface area contributed by atoms with Crippen molar-refractivity contribution >= 4 is 17.6 Å². The van der Waals surface area contributed by atoms with Gasteiger partial charge in [-0.1, -0.05) is 60.7 Å². The normalized spacial score (nSPS) is 10.4. The number of hydrogen-bond donors (Lipinski definition) is 3. The lowest BCUT2D eigenvalue weighted by atomic mass is 10.1. The summed E-state index contributed by atoms with van der Waals surface area (Å²) in [5.41, 5.74) is 2.38. The van der Waals surface area contributed by atoms with E-state index in [4.69, 9.17) is 14.2 Å². The van der Waals surface area contributed by atoms with Crippen molar-refractivity contribution in [2.45, 2.75) is 19.6 Å². The first-order valence-corrected chi connectivity index (χ1v) is 11.8. The van der Waals surface area contributed by atoms with Gasteiger partial charge in [-0.15, -0.1) is 0 Å². The third-order valence-corrected chi connectivity index (χ3v) is 5.68. The van der Waals surface area contributed by atoms with Gasteiger partial charge in [0.15, 0.2) is 11.5 Å². The number of rotatable bonds is 11. The molecule has 8 nitrogen and oxygen atoms in total. The number of methoxy groups -OCH3 is 1. The maximum Gasteiger partial charge on any atom is 0.307 e. The Morgan fingerprint density at radius 3 is 2.03 bits per heavy atom. The molecule has 0 radical (unpaired) electrons. The fourth-order valence-corrected chi connectivity index (χ4v) is 3.75. The van der Waals surface area contributed by atoms with Gasteiger partial charge in [0.05, 0.1) is 19.1 Å². The van der Waals surface area contributed by atoms with E-state index in [0.717, 1.165) is 11.1 Å². The molecule has 3 N–H and O–H groups in total. The predicted octanol–water partition coefficient (Wildman–Crippen LogP) is 5.44. The third-order valence-electron chi connectivity index (χ3n) is 5.68. The zero-order chi connectivity index (χ0) is 26.9. The monoisotopic (exact) mass is 513 g/mol. The number of benzene rings is 4. The van der Waals surface area contributed by atoms with Crippen LogP contribution < -0.4 is 19.5 Å². The molecule has 0 aromatic heterocycles. The maximum atomic E-state index is 13.1. The van der Waals surface area contributed by atoms with Crippen molar-refractivity contribution in [3.63, 3.8) is 0 Å². The summed E-state index contributed by atoms with van der Waals surface area (Å²) < 4.78 is 17.1. The topological polar surface area (TPSA) is 114 Å². The zero-order valence-corrected chi connectivity index (χ0v) is 20.7. The van der Waals surface area contributed by atoms with Crippen LogP contribution in [0.3, 0.4) is 0 Å². The number of phenols is 1. The SMILES string of the molecule is COc1cc(NC(=O)c2cc(OCc3ccccc3)ccc2O)c(CC(=O)O)cc1OCc1ccccc1. The summed E-state index contributed by atoms with van der Waals surface area (Å²) in [5.74, 6) is -0.925. The summed E-state index contributed by atoms with van der Waals surface area (Å²) in [5, 5.41) is 22.5. The third kappa shape index (κ3) is 6.82. The summed E-state index contributed by atoms with van der Waals surface area (Å²) in [7, 11) is 1.45. The number of amides is 1. The quantitative estimate of drug-likeness (QED) is 0.245. The van der Waals surface area contributed by atoms with E-state index in [-0.39, 0.29) is 36.6 Å². The highest BCUT2D eigenvalue weighted by atomic mass is 16.5. The molecule has 0 saturated carbocycles. The Morgan fingerprint density at radius 2 is 1.42 bits per heavy atom. The van der Waals surface area contributed by atoms with Crippen LogP contribution in [-0.2, 0) is 24.4 Å². The fraction of sp³-hybridized carbons (Fsp3) is 0.133. The van der Waals surface area contributed by atoms with Gasteiger partial charge < -0.3 is 29.7 Å². The van der Waals surface area contributed by atoms with E-state index >= 15 is 0 Å². The number of carbonyl (C=O) groups excluding carboxylic acids is 1. The lowest BCUT2D eigenvalue weighted by Gasteiger charge is -2.17. The van der Waals surface area contributed by atoms with E-state index < -0.39 is 11.9 Å². The average molecular weight is 514 g/mol. The number of nitrogens with one attached hydrogen (secondary N) is 1. The fourth-order valence-electron chi connectivity index (χ4n) is 3.75. The molecule has 0 bridgehead atoms. The standard InChI is InChI=1S/C30H27NO7/c1-36-27-17-25(22(15-29(33)34)14-28(27)38-19-21-10-6-3-7-11-21)31-30(35)24-16-23(12-13-26(24)32)37-18-20-8-4-2-5-9-20/h2-14,16-17,32H,15,18-19H2,1H3,(H,31,35)(H,33,34). The van der Waals surface area contributed by atoms with Crippen molar-refractivity contribution < 1.29 is 34.0 Å². The molecule has 0 aliphatic rings. The Hall–Kier alpha value is -4.98. The second kappa shape index (κ2) is 12.3. The van der Waals surface area contributed by atoms with Crippen LogP contribution in [0.5, 0.6) is 23.0 Å². The number of aliphatic carboxylic acids is 1. The van der Waals surface area contributed by atoms with E-state index in [9.17, 15) is 19.8 Å². The maximum absolute atomic E-state index is 13.1. The van der Waals surface area contributed by atoms with Crippen LogP contribution in [0.15, 0.2) is 91.0 Å². The largest absolute Gasteiger partial charge is 0.507 e. The molecular weight excluding hydrogens is 486 g/mol. The molecule has 0 atom stereocenters. The first-order chi connectivity index (χ1) is 18.4. The van der Waals surface area contributed by atoms with Gasteiger partial charge in [0.1, 0.15) is 24.7 Å². The molecule has 0 heterocycles. The number of carboxylic acids is 1. The summed E-state index contributed by atoms with van der Waals surface area (Å²) >= 11 is 0. The molecule has 0 fully saturated rings. The molecule has 4 aromatic rings. The van der Waals surface area contributed by atoms with Gasteiger partial charge in [0.25, 0.3) is 5.91 Å². The first kappa shape index (κ1) is 26.1. The lowest BCUT2D eigenvalue weighted by Crippen LogP contribution is -2.15. The van der Waals surface area contributed by atoms with Gasteiger partial charge in [-0.3, -0.25) is 9.59 Å². The Bertz CT molecular complexity index is 1410. The van der Waals surface area contributed by atoms with Gasteiger partial charge in [-0.05, 0) is 41.0 Å². The Labute approximate surface area is 220 Å². The molecule has 4 rings (SSSR count). The molecule has 0 aliphatic carbocycles. The highest BCUT2D eigenvalue weighted by Crippen LogP contribution is 2.35. The van der Waals surface area contributed by atoms with Crippen LogP contribution in [0.1, 0.15) is 27.0 Å². The summed E-state index contributed by atoms with van der Waals surface area (Å²) in [6.45, 7) is 0.538. The summed E-state index contributed by atoms with van der Waals surface area (Å²) in [6.07, 6.45) is -0.368. The van der Waals surface area contributed by atoms with E-state index in [0.29, 0.717) is 22.8 Å². The van der Waals surface area contributed by atoms with Crippen LogP contribution in [0.4, 0.5) is 5.69 Å². The molecule has 0 saturated heterocycles. The molecule has 1 amide bonds.